The maximum absolute atomic E-state index is 9.16. The molecule has 2 atom stereocenters. The van der Waals surface area contributed by atoms with E-state index in [4.69, 9.17) is 16.9 Å². The van der Waals surface area contributed by atoms with Gasteiger partial charge in [-0.05, 0) is 24.5 Å². The predicted molar refractivity (Wildman–Crippen MR) is 70.8 cm³/mol. The first-order valence-electron chi connectivity index (χ1n) is 5.49. The van der Waals surface area contributed by atoms with E-state index in [1.807, 2.05) is 24.3 Å². The van der Waals surface area contributed by atoms with Crippen LogP contribution in [0.2, 0.25) is 5.02 Å². The zero-order chi connectivity index (χ0) is 12.0. The van der Waals surface area contributed by atoms with Crippen LogP contribution in [-0.4, -0.2) is 5.25 Å². The molecule has 0 spiro atoms. The zero-order valence-corrected chi connectivity index (χ0v) is 11.2. The summed E-state index contributed by atoms with van der Waals surface area (Å²) in [6.07, 6.45) is 2.19. The fraction of sp³-hybridized carbons (Fsp3) is 0.462. The third-order valence-electron chi connectivity index (χ3n) is 2.48. The van der Waals surface area contributed by atoms with Crippen LogP contribution in [0.4, 0.5) is 0 Å². The molecule has 0 aromatic heterocycles. The number of benzene rings is 1. The molecule has 86 valence electrons. The first-order valence-corrected chi connectivity index (χ1v) is 6.75. The lowest BCUT2D eigenvalue weighted by molar-refractivity contribution is 0.546. The van der Waals surface area contributed by atoms with Crippen LogP contribution in [0.25, 0.3) is 0 Å². The molecular formula is C13H16ClNS. The fourth-order valence-electron chi connectivity index (χ4n) is 1.55. The summed E-state index contributed by atoms with van der Waals surface area (Å²) in [6, 6.07) is 10.1. The maximum Gasteiger partial charge on any atom is 0.0989 e. The third-order valence-corrected chi connectivity index (χ3v) is 4.35. The van der Waals surface area contributed by atoms with E-state index in [1.165, 1.54) is 0 Å². The van der Waals surface area contributed by atoms with Crippen LogP contribution >= 0.6 is 23.4 Å². The minimum absolute atomic E-state index is 0.0140. The first-order chi connectivity index (χ1) is 7.69. The third kappa shape index (κ3) is 3.73. The van der Waals surface area contributed by atoms with E-state index in [1.54, 1.807) is 11.8 Å². The average Bonchev–Trinajstić information content (AvgIpc) is 2.28. The second-order valence-electron chi connectivity index (χ2n) is 3.86. The Morgan fingerprint density at radius 3 is 2.69 bits per heavy atom. The van der Waals surface area contributed by atoms with Gasteiger partial charge >= 0.3 is 0 Å². The monoisotopic (exact) mass is 253 g/mol. The maximum atomic E-state index is 9.16. The normalized spacial score (nSPS) is 14.1. The van der Waals surface area contributed by atoms with E-state index in [0.29, 0.717) is 5.92 Å². The van der Waals surface area contributed by atoms with Gasteiger partial charge in [0, 0.05) is 4.90 Å². The number of nitriles is 1. The molecule has 0 fully saturated rings. The Kier molecular flexibility index (Phi) is 5.73. The quantitative estimate of drug-likeness (QED) is 0.707. The van der Waals surface area contributed by atoms with Crippen molar-refractivity contribution >= 4 is 23.4 Å². The van der Waals surface area contributed by atoms with Gasteiger partial charge in [0.05, 0.1) is 16.3 Å². The van der Waals surface area contributed by atoms with Gasteiger partial charge in [-0.1, -0.05) is 44.0 Å². The molecule has 1 aromatic rings. The number of thioether (sulfide) groups is 1. The van der Waals surface area contributed by atoms with Crippen molar-refractivity contribution in [2.45, 2.75) is 36.8 Å². The summed E-state index contributed by atoms with van der Waals surface area (Å²) in [5, 5.41) is 9.88. The lowest BCUT2D eigenvalue weighted by Crippen LogP contribution is -2.11. The Morgan fingerprint density at radius 2 is 2.12 bits per heavy atom. The number of hydrogen-bond donors (Lipinski definition) is 0. The molecule has 0 aliphatic rings. The molecule has 0 aliphatic heterocycles. The molecule has 16 heavy (non-hydrogen) atoms. The van der Waals surface area contributed by atoms with E-state index < -0.39 is 0 Å². The molecule has 0 saturated carbocycles. The topological polar surface area (TPSA) is 23.8 Å². The van der Waals surface area contributed by atoms with Crippen molar-refractivity contribution in [2.75, 3.05) is 0 Å². The van der Waals surface area contributed by atoms with Gasteiger partial charge in [-0.25, -0.2) is 0 Å². The second-order valence-corrected chi connectivity index (χ2v) is 5.45. The summed E-state index contributed by atoms with van der Waals surface area (Å²) in [7, 11) is 0. The van der Waals surface area contributed by atoms with Crippen molar-refractivity contribution in [2.24, 2.45) is 5.92 Å². The van der Waals surface area contributed by atoms with Gasteiger partial charge in [0.1, 0.15) is 0 Å². The average molecular weight is 254 g/mol. The summed E-state index contributed by atoms with van der Waals surface area (Å²) in [5.74, 6) is 0.399. The highest BCUT2D eigenvalue weighted by Crippen LogP contribution is 2.34. The van der Waals surface area contributed by atoms with E-state index in [2.05, 4.69) is 19.9 Å². The highest BCUT2D eigenvalue weighted by atomic mass is 35.5. The van der Waals surface area contributed by atoms with Crippen LogP contribution in [0.15, 0.2) is 29.2 Å². The molecule has 3 heteroatoms. The van der Waals surface area contributed by atoms with Crippen molar-refractivity contribution in [3.8, 4) is 6.07 Å². The molecule has 0 radical (unpaired) electrons. The molecule has 1 nitrogen and oxygen atoms in total. The van der Waals surface area contributed by atoms with Crippen molar-refractivity contribution in [1.82, 2.24) is 0 Å². The Bertz CT molecular complexity index is 372. The standard InChI is InChI=1S/C13H16ClNS/c1-3-6-10(2)13(9-15)16-12-8-5-4-7-11(12)14/h4-5,7-8,10,13H,3,6H2,1-2H3. The molecule has 0 N–H and O–H groups in total. The Labute approximate surface area is 107 Å². The van der Waals surface area contributed by atoms with Gasteiger partial charge in [0.15, 0.2) is 0 Å². The highest BCUT2D eigenvalue weighted by Gasteiger charge is 2.18. The predicted octanol–water partition coefficient (Wildman–Crippen LogP) is 4.76. The van der Waals surface area contributed by atoms with Crippen LogP contribution in [0.1, 0.15) is 26.7 Å². The first kappa shape index (κ1) is 13.4. The molecule has 0 aliphatic carbocycles. The summed E-state index contributed by atoms with van der Waals surface area (Å²) >= 11 is 7.65. The molecular weight excluding hydrogens is 238 g/mol. The largest absolute Gasteiger partial charge is 0.197 e. The molecule has 0 amide bonds. The number of halogens is 1. The summed E-state index contributed by atoms with van der Waals surface area (Å²) in [4.78, 5) is 0.999. The van der Waals surface area contributed by atoms with E-state index in [9.17, 15) is 0 Å². The van der Waals surface area contributed by atoms with E-state index in [0.717, 1.165) is 22.8 Å². The van der Waals surface area contributed by atoms with Crippen molar-refractivity contribution in [3.63, 3.8) is 0 Å². The molecule has 2 unspecified atom stereocenters. The lowest BCUT2D eigenvalue weighted by atomic mass is 10.0. The minimum atomic E-state index is -0.0140. The molecule has 0 heterocycles. The van der Waals surface area contributed by atoms with Crippen molar-refractivity contribution in [3.05, 3.63) is 29.3 Å². The lowest BCUT2D eigenvalue weighted by Gasteiger charge is -2.16. The van der Waals surface area contributed by atoms with Crippen LogP contribution < -0.4 is 0 Å². The zero-order valence-electron chi connectivity index (χ0n) is 9.61. The minimum Gasteiger partial charge on any atom is -0.197 e. The van der Waals surface area contributed by atoms with Gasteiger partial charge in [-0.15, -0.1) is 11.8 Å². The summed E-state index contributed by atoms with van der Waals surface area (Å²) < 4.78 is 0. The van der Waals surface area contributed by atoms with Crippen LogP contribution in [0, 0.1) is 17.2 Å². The number of nitrogens with zero attached hydrogens (tertiary/aromatic N) is 1. The van der Waals surface area contributed by atoms with Crippen LogP contribution in [-0.2, 0) is 0 Å². The molecule has 1 aromatic carbocycles. The van der Waals surface area contributed by atoms with Crippen molar-refractivity contribution in [1.29, 1.82) is 5.26 Å². The van der Waals surface area contributed by atoms with E-state index in [-0.39, 0.29) is 5.25 Å². The van der Waals surface area contributed by atoms with Crippen LogP contribution in [0.3, 0.4) is 0 Å². The smallest absolute Gasteiger partial charge is 0.0989 e. The second kappa shape index (κ2) is 6.83. The fourth-order valence-corrected chi connectivity index (χ4v) is 2.86. The summed E-state index contributed by atoms with van der Waals surface area (Å²) in [6.45, 7) is 4.27. The van der Waals surface area contributed by atoms with Gasteiger partial charge in [-0.2, -0.15) is 5.26 Å². The van der Waals surface area contributed by atoms with Gasteiger partial charge in [-0.3, -0.25) is 0 Å². The Balaban J connectivity index is 2.71. The van der Waals surface area contributed by atoms with Gasteiger partial charge < -0.3 is 0 Å². The highest BCUT2D eigenvalue weighted by molar-refractivity contribution is 8.00. The SMILES string of the molecule is CCCC(C)C(C#N)Sc1ccccc1Cl. The number of hydrogen-bond acceptors (Lipinski definition) is 2. The van der Waals surface area contributed by atoms with Gasteiger partial charge in [0.25, 0.3) is 0 Å². The molecule has 0 saturated heterocycles. The van der Waals surface area contributed by atoms with Crippen LogP contribution in [0.5, 0.6) is 0 Å². The van der Waals surface area contributed by atoms with E-state index >= 15 is 0 Å². The molecule has 1 rings (SSSR count). The molecule has 0 bridgehead atoms. The van der Waals surface area contributed by atoms with Gasteiger partial charge in [0.2, 0.25) is 0 Å². The Hall–Kier alpha value is -0.650. The Morgan fingerprint density at radius 1 is 1.44 bits per heavy atom. The van der Waals surface area contributed by atoms with Crippen molar-refractivity contribution < 1.29 is 0 Å². The summed E-state index contributed by atoms with van der Waals surface area (Å²) in [5.41, 5.74) is 0. The number of rotatable bonds is 5.